The molecule has 0 saturated carbocycles. The second-order valence-corrected chi connectivity index (χ2v) is 4.18. The van der Waals surface area contributed by atoms with Gasteiger partial charge in [0.15, 0.2) is 6.61 Å². The van der Waals surface area contributed by atoms with E-state index >= 15 is 0 Å². The molecule has 0 saturated heterocycles. The molecule has 0 aliphatic rings. The van der Waals surface area contributed by atoms with Gasteiger partial charge in [0.25, 0.3) is 0 Å². The zero-order valence-corrected chi connectivity index (χ0v) is 12.5. The Morgan fingerprint density at radius 2 is 1.67 bits per heavy atom. The largest absolute Gasteiger partial charge is 0.508 e. The van der Waals surface area contributed by atoms with Crippen molar-refractivity contribution in [1.82, 2.24) is 0 Å². The summed E-state index contributed by atoms with van der Waals surface area (Å²) in [6.07, 6.45) is 0. The van der Waals surface area contributed by atoms with Crippen molar-refractivity contribution in [1.29, 1.82) is 0 Å². The molecule has 0 aliphatic heterocycles. The van der Waals surface area contributed by atoms with Crippen molar-refractivity contribution in [3.05, 3.63) is 53.6 Å². The molecular formula is C17H20O4. The van der Waals surface area contributed by atoms with Gasteiger partial charge in [0.1, 0.15) is 17.2 Å². The highest BCUT2D eigenvalue weighted by Gasteiger charge is 2.14. The first kappa shape index (κ1) is 16.6. The molecule has 0 radical (unpaired) electrons. The van der Waals surface area contributed by atoms with Crippen molar-refractivity contribution in [2.75, 3.05) is 6.61 Å². The van der Waals surface area contributed by atoms with Crippen LogP contribution in [0.15, 0.2) is 42.5 Å². The Kier molecular flexibility index (Phi) is 6.27. The summed E-state index contributed by atoms with van der Waals surface area (Å²) in [5.74, 6) is -0.0434. The molecule has 21 heavy (non-hydrogen) atoms. The number of hydrogen-bond donors (Lipinski definition) is 2. The SMILES string of the molecule is CC.Cc1cc(C(=O)COc2ccccc2)c(O)cc1O. The van der Waals surface area contributed by atoms with E-state index in [1.165, 1.54) is 6.07 Å². The number of ketones is 1. The molecule has 0 aliphatic carbocycles. The zero-order chi connectivity index (χ0) is 15.8. The lowest BCUT2D eigenvalue weighted by molar-refractivity contribution is 0.0918. The number of aromatic hydroxyl groups is 2. The minimum atomic E-state index is -0.343. The molecule has 2 aromatic rings. The molecule has 0 fully saturated rings. The Morgan fingerprint density at radius 3 is 2.29 bits per heavy atom. The van der Waals surface area contributed by atoms with Crippen LogP contribution in [0.3, 0.4) is 0 Å². The summed E-state index contributed by atoms with van der Waals surface area (Å²) in [7, 11) is 0. The van der Waals surface area contributed by atoms with E-state index in [-0.39, 0.29) is 29.5 Å². The maximum absolute atomic E-state index is 11.9. The fourth-order valence-corrected chi connectivity index (χ4v) is 1.65. The van der Waals surface area contributed by atoms with E-state index in [1.807, 2.05) is 32.0 Å². The minimum Gasteiger partial charge on any atom is -0.508 e. The van der Waals surface area contributed by atoms with Crippen LogP contribution in [-0.4, -0.2) is 22.6 Å². The van der Waals surface area contributed by atoms with E-state index < -0.39 is 0 Å². The summed E-state index contributed by atoms with van der Waals surface area (Å²) in [6, 6.07) is 11.6. The molecule has 0 atom stereocenters. The molecule has 2 rings (SSSR count). The molecular weight excluding hydrogens is 268 g/mol. The summed E-state index contributed by atoms with van der Waals surface area (Å²) >= 11 is 0. The molecule has 0 aromatic heterocycles. The van der Waals surface area contributed by atoms with Crippen molar-refractivity contribution in [3.8, 4) is 17.2 Å². The minimum absolute atomic E-state index is 0.0435. The van der Waals surface area contributed by atoms with Crippen molar-refractivity contribution in [2.24, 2.45) is 0 Å². The summed E-state index contributed by atoms with van der Waals surface area (Å²) in [6.45, 7) is 5.49. The number of ether oxygens (including phenoxy) is 1. The number of para-hydroxylation sites is 1. The van der Waals surface area contributed by atoms with Crippen LogP contribution in [0.4, 0.5) is 0 Å². The van der Waals surface area contributed by atoms with Gasteiger partial charge in [-0.25, -0.2) is 0 Å². The third-order valence-corrected chi connectivity index (χ3v) is 2.73. The van der Waals surface area contributed by atoms with Gasteiger partial charge in [-0.3, -0.25) is 4.79 Å². The van der Waals surface area contributed by atoms with Gasteiger partial charge < -0.3 is 14.9 Å². The quantitative estimate of drug-likeness (QED) is 0.842. The predicted octanol–water partition coefficient (Wildman–Crippen LogP) is 3.69. The Hall–Kier alpha value is -2.49. The molecule has 0 spiro atoms. The number of rotatable bonds is 4. The van der Waals surface area contributed by atoms with Crippen LogP contribution in [0.1, 0.15) is 29.8 Å². The van der Waals surface area contributed by atoms with Gasteiger partial charge in [0, 0.05) is 6.07 Å². The first-order valence-corrected chi connectivity index (χ1v) is 6.81. The Balaban J connectivity index is 0.00000106. The summed E-state index contributed by atoms with van der Waals surface area (Å²) < 4.78 is 5.32. The lowest BCUT2D eigenvalue weighted by atomic mass is 10.1. The van der Waals surface area contributed by atoms with E-state index in [9.17, 15) is 15.0 Å². The van der Waals surface area contributed by atoms with Gasteiger partial charge in [-0.15, -0.1) is 0 Å². The smallest absolute Gasteiger partial charge is 0.203 e. The number of phenolic OH excluding ortho intramolecular Hbond substituents is 2. The van der Waals surface area contributed by atoms with Crippen LogP contribution in [0, 0.1) is 6.92 Å². The third kappa shape index (κ3) is 4.53. The number of carbonyl (C=O) groups is 1. The van der Waals surface area contributed by atoms with Crippen molar-refractivity contribution in [2.45, 2.75) is 20.8 Å². The van der Waals surface area contributed by atoms with Gasteiger partial charge in [-0.1, -0.05) is 32.0 Å². The van der Waals surface area contributed by atoms with E-state index in [0.717, 1.165) is 6.07 Å². The molecule has 0 heterocycles. The van der Waals surface area contributed by atoms with E-state index in [1.54, 1.807) is 19.1 Å². The van der Waals surface area contributed by atoms with Gasteiger partial charge in [-0.05, 0) is 30.7 Å². The molecule has 2 N–H and O–H groups in total. The van der Waals surface area contributed by atoms with Crippen molar-refractivity contribution >= 4 is 5.78 Å². The highest BCUT2D eigenvalue weighted by Crippen LogP contribution is 2.27. The summed E-state index contributed by atoms with van der Waals surface area (Å²) in [4.78, 5) is 11.9. The van der Waals surface area contributed by atoms with Crippen LogP contribution in [0.2, 0.25) is 0 Å². The molecule has 112 valence electrons. The van der Waals surface area contributed by atoms with Gasteiger partial charge >= 0.3 is 0 Å². The summed E-state index contributed by atoms with van der Waals surface area (Å²) in [5, 5.41) is 19.1. The third-order valence-electron chi connectivity index (χ3n) is 2.73. The van der Waals surface area contributed by atoms with Crippen LogP contribution in [-0.2, 0) is 0 Å². The number of hydrogen-bond acceptors (Lipinski definition) is 4. The Bertz CT molecular complexity index is 591. The number of phenols is 2. The average molecular weight is 288 g/mol. The first-order chi connectivity index (χ1) is 10.1. The number of carbonyl (C=O) groups excluding carboxylic acids is 1. The molecule has 4 heteroatoms. The highest BCUT2D eigenvalue weighted by atomic mass is 16.5. The fraction of sp³-hybridized carbons (Fsp3) is 0.235. The predicted molar refractivity (Wildman–Crippen MR) is 82.1 cm³/mol. The molecule has 0 bridgehead atoms. The molecule has 4 nitrogen and oxygen atoms in total. The highest BCUT2D eigenvalue weighted by molar-refractivity contribution is 6.00. The maximum atomic E-state index is 11.9. The van der Waals surface area contributed by atoms with E-state index in [4.69, 9.17) is 4.74 Å². The van der Waals surface area contributed by atoms with Gasteiger partial charge in [-0.2, -0.15) is 0 Å². The first-order valence-electron chi connectivity index (χ1n) is 6.81. The van der Waals surface area contributed by atoms with Gasteiger partial charge in [0.05, 0.1) is 5.56 Å². The topological polar surface area (TPSA) is 66.8 Å². The second kappa shape index (κ2) is 7.94. The Morgan fingerprint density at radius 1 is 1.05 bits per heavy atom. The Labute approximate surface area is 124 Å². The zero-order valence-electron chi connectivity index (χ0n) is 12.5. The molecule has 0 amide bonds. The number of benzene rings is 2. The molecule has 0 unspecified atom stereocenters. The average Bonchev–Trinajstić information content (AvgIpc) is 2.51. The van der Waals surface area contributed by atoms with Crippen LogP contribution >= 0.6 is 0 Å². The lowest BCUT2D eigenvalue weighted by Gasteiger charge is -2.08. The maximum Gasteiger partial charge on any atom is 0.203 e. The fourth-order valence-electron chi connectivity index (χ4n) is 1.65. The number of aryl methyl sites for hydroxylation is 1. The van der Waals surface area contributed by atoms with Crippen LogP contribution in [0.25, 0.3) is 0 Å². The normalized spacial score (nSPS) is 9.48. The summed E-state index contributed by atoms with van der Waals surface area (Å²) in [5.41, 5.74) is 0.673. The second-order valence-electron chi connectivity index (χ2n) is 4.18. The van der Waals surface area contributed by atoms with Gasteiger partial charge in [0.2, 0.25) is 5.78 Å². The van der Waals surface area contributed by atoms with E-state index in [2.05, 4.69) is 0 Å². The standard InChI is InChI=1S/C15H14O4.C2H6/c1-10-7-12(14(17)8-13(10)16)15(18)9-19-11-5-3-2-4-6-11;1-2/h2-8,16-17H,9H2,1H3;1-2H3. The van der Waals surface area contributed by atoms with Crippen LogP contribution < -0.4 is 4.74 Å². The van der Waals surface area contributed by atoms with Crippen LogP contribution in [0.5, 0.6) is 17.2 Å². The van der Waals surface area contributed by atoms with Crippen molar-refractivity contribution < 1.29 is 19.7 Å². The van der Waals surface area contributed by atoms with E-state index in [0.29, 0.717) is 11.3 Å². The van der Waals surface area contributed by atoms with Crippen molar-refractivity contribution in [3.63, 3.8) is 0 Å². The number of Topliss-reactive ketones (excluding diaryl/α,β-unsaturated/α-hetero) is 1. The molecule has 2 aromatic carbocycles. The monoisotopic (exact) mass is 288 g/mol. The lowest BCUT2D eigenvalue weighted by Crippen LogP contribution is -2.12.